The Labute approximate surface area is 123 Å². The summed E-state index contributed by atoms with van der Waals surface area (Å²) in [5.41, 5.74) is 6.73. The molecule has 1 fully saturated rings. The number of nitrogens with two attached hydrogens (primary N) is 1. The molecule has 1 unspecified atom stereocenters. The van der Waals surface area contributed by atoms with Gasteiger partial charge in [-0.3, -0.25) is 0 Å². The van der Waals surface area contributed by atoms with E-state index >= 15 is 0 Å². The van der Waals surface area contributed by atoms with Crippen molar-refractivity contribution < 1.29 is 4.74 Å². The van der Waals surface area contributed by atoms with Crippen LogP contribution in [0.25, 0.3) is 0 Å². The zero-order valence-electron chi connectivity index (χ0n) is 12.7. The van der Waals surface area contributed by atoms with Gasteiger partial charge in [0, 0.05) is 19.6 Å². The lowest BCUT2D eigenvalue weighted by Gasteiger charge is -2.32. The molecule has 1 aliphatic heterocycles. The van der Waals surface area contributed by atoms with Crippen LogP contribution < -0.4 is 10.5 Å². The topological polar surface area (TPSA) is 38.5 Å². The Morgan fingerprint density at radius 3 is 2.80 bits per heavy atom. The molecule has 0 aliphatic carbocycles. The van der Waals surface area contributed by atoms with Crippen LogP contribution in [0.2, 0.25) is 0 Å². The minimum atomic E-state index is 0.591. The van der Waals surface area contributed by atoms with E-state index in [9.17, 15) is 0 Å². The average Bonchev–Trinajstić information content (AvgIpc) is 2.52. The van der Waals surface area contributed by atoms with Crippen LogP contribution in [0.5, 0.6) is 5.75 Å². The fourth-order valence-corrected chi connectivity index (χ4v) is 2.89. The number of nitrogens with zero attached hydrogens (tertiary/aromatic N) is 1. The zero-order valence-corrected chi connectivity index (χ0v) is 12.7. The Morgan fingerprint density at radius 2 is 2.10 bits per heavy atom. The van der Waals surface area contributed by atoms with Gasteiger partial charge in [-0.1, -0.05) is 25.5 Å². The molecular weight excluding hydrogens is 248 g/mol. The monoisotopic (exact) mass is 276 g/mol. The van der Waals surface area contributed by atoms with Crippen LogP contribution in [0.3, 0.4) is 0 Å². The van der Waals surface area contributed by atoms with Gasteiger partial charge < -0.3 is 15.4 Å². The molecule has 0 radical (unpaired) electrons. The maximum absolute atomic E-state index is 5.78. The summed E-state index contributed by atoms with van der Waals surface area (Å²) in [5.74, 6) is 1.86. The highest BCUT2D eigenvalue weighted by Crippen LogP contribution is 2.19. The van der Waals surface area contributed by atoms with Gasteiger partial charge in [-0.25, -0.2) is 0 Å². The van der Waals surface area contributed by atoms with Crippen LogP contribution >= 0.6 is 0 Å². The number of likely N-dealkylation sites (tertiary alicyclic amines) is 1. The Kier molecular flexibility index (Phi) is 6.34. The number of ether oxygens (including phenoxy) is 1. The van der Waals surface area contributed by atoms with Crippen molar-refractivity contribution in [1.29, 1.82) is 0 Å². The predicted molar refractivity (Wildman–Crippen MR) is 83.9 cm³/mol. The Morgan fingerprint density at radius 1 is 1.30 bits per heavy atom. The van der Waals surface area contributed by atoms with Gasteiger partial charge in [0.25, 0.3) is 0 Å². The van der Waals surface area contributed by atoms with Crippen molar-refractivity contribution in [2.24, 2.45) is 11.7 Å². The van der Waals surface area contributed by atoms with Gasteiger partial charge in [-0.15, -0.1) is 0 Å². The number of hydrogen-bond donors (Lipinski definition) is 1. The molecule has 1 saturated heterocycles. The molecule has 1 aromatic carbocycles. The minimum Gasteiger partial charge on any atom is -0.494 e. The first-order valence-corrected chi connectivity index (χ1v) is 7.96. The maximum atomic E-state index is 5.78. The van der Waals surface area contributed by atoms with E-state index in [4.69, 9.17) is 10.5 Å². The van der Waals surface area contributed by atoms with Gasteiger partial charge in [0.15, 0.2) is 0 Å². The highest BCUT2D eigenvalue weighted by molar-refractivity contribution is 5.26. The lowest BCUT2D eigenvalue weighted by molar-refractivity contribution is 0.160. The van der Waals surface area contributed by atoms with Crippen LogP contribution in [0.15, 0.2) is 24.3 Å². The second-order valence-electron chi connectivity index (χ2n) is 5.77. The van der Waals surface area contributed by atoms with E-state index in [1.807, 2.05) is 24.3 Å². The van der Waals surface area contributed by atoms with Crippen molar-refractivity contribution in [3.05, 3.63) is 29.8 Å². The van der Waals surface area contributed by atoms with E-state index in [0.29, 0.717) is 6.54 Å². The third-order valence-electron chi connectivity index (χ3n) is 4.23. The van der Waals surface area contributed by atoms with Gasteiger partial charge in [0.05, 0.1) is 6.61 Å². The number of hydrogen-bond acceptors (Lipinski definition) is 3. The number of benzene rings is 1. The van der Waals surface area contributed by atoms with E-state index in [1.54, 1.807) is 0 Å². The van der Waals surface area contributed by atoms with E-state index in [0.717, 1.165) is 36.8 Å². The lowest BCUT2D eigenvalue weighted by Crippen LogP contribution is -2.36. The highest BCUT2D eigenvalue weighted by Gasteiger charge is 2.17. The summed E-state index contributed by atoms with van der Waals surface area (Å²) < 4.78 is 5.78. The molecule has 112 valence electrons. The third kappa shape index (κ3) is 4.80. The Balaban J connectivity index is 1.63. The van der Waals surface area contributed by atoms with Gasteiger partial charge in [-0.05, 0) is 49.4 Å². The number of rotatable bonds is 7. The lowest BCUT2D eigenvalue weighted by atomic mass is 9.96. The van der Waals surface area contributed by atoms with E-state index in [1.165, 1.54) is 32.4 Å². The molecule has 1 aliphatic rings. The van der Waals surface area contributed by atoms with Crippen molar-refractivity contribution in [2.75, 3.05) is 26.2 Å². The minimum absolute atomic E-state index is 0.591. The molecule has 3 nitrogen and oxygen atoms in total. The first-order chi connectivity index (χ1) is 9.81. The fraction of sp³-hybridized carbons (Fsp3) is 0.647. The van der Waals surface area contributed by atoms with Gasteiger partial charge in [0.1, 0.15) is 5.75 Å². The van der Waals surface area contributed by atoms with E-state index in [-0.39, 0.29) is 0 Å². The third-order valence-corrected chi connectivity index (χ3v) is 4.23. The normalized spacial score (nSPS) is 20.0. The summed E-state index contributed by atoms with van der Waals surface area (Å²) in [6, 6.07) is 8.09. The molecule has 2 rings (SSSR count). The van der Waals surface area contributed by atoms with Gasteiger partial charge in [-0.2, -0.15) is 0 Å². The average molecular weight is 276 g/mol. The number of piperidine rings is 1. The molecule has 0 spiro atoms. The Bertz CT molecular complexity index is 377. The maximum Gasteiger partial charge on any atom is 0.119 e. The summed E-state index contributed by atoms with van der Waals surface area (Å²) in [5, 5.41) is 0. The SMILES string of the molecule is CCC1CCCN(CCCOc2ccc(CN)cc2)C1. The van der Waals surface area contributed by atoms with Crippen LogP contribution in [0.1, 0.15) is 38.2 Å². The molecule has 0 amide bonds. The van der Waals surface area contributed by atoms with E-state index < -0.39 is 0 Å². The fourth-order valence-electron chi connectivity index (χ4n) is 2.89. The van der Waals surface area contributed by atoms with Gasteiger partial charge in [0.2, 0.25) is 0 Å². The molecule has 0 bridgehead atoms. The molecule has 20 heavy (non-hydrogen) atoms. The summed E-state index contributed by atoms with van der Waals surface area (Å²) in [4.78, 5) is 2.60. The quantitative estimate of drug-likeness (QED) is 0.778. The highest BCUT2D eigenvalue weighted by atomic mass is 16.5. The van der Waals surface area contributed by atoms with Crippen molar-refractivity contribution in [3.63, 3.8) is 0 Å². The summed E-state index contributed by atoms with van der Waals surface area (Å²) in [6.45, 7) is 7.41. The van der Waals surface area contributed by atoms with Gasteiger partial charge >= 0.3 is 0 Å². The van der Waals surface area contributed by atoms with Crippen LogP contribution in [0.4, 0.5) is 0 Å². The summed E-state index contributed by atoms with van der Waals surface area (Å²) >= 11 is 0. The van der Waals surface area contributed by atoms with Crippen molar-refractivity contribution in [2.45, 2.75) is 39.2 Å². The van der Waals surface area contributed by atoms with Crippen LogP contribution in [0, 0.1) is 5.92 Å². The molecule has 1 atom stereocenters. The predicted octanol–water partition coefficient (Wildman–Crippen LogP) is 3.04. The first kappa shape index (κ1) is 15.3. The largest absolute Gasteiger partial charge is 0.494 e. The Hall–Kier alpha value is -1.06. The van der Waals surface area contributed by atoms with Crippen LogP contribution in [-0.2, 0) is 6.54 Å². The summed E-state index contributed by atoms with van der Waals surface area (Å²) in [7, 11) is 0. The van der Waals surface area contributed by atoms with E-state index in [2.05, 4.69) is 11.8 Å². The molecule has 0 aromatic heterocycles. The molecule has 2 N–H and O–H groups in total. The second-order valence-corrected chi connectivity index (χ2v) is 5.77. The second kappa shape index (κ2) is 8.28. The molecule has 1 heterocycles. The molecule has 1 aromatic rings. The molecule has 0 saturated carbocycles. The van der Waals surface area contributed by atoms with Crippen molar-refractivity contribution in [1.82, 2.24) is 4.90 Å². The summed E-state index contributed by atoms with van der Waals surface area (Å²) in [6.07, 6.45) is 5.20. The standard InChI is InChI=1S/C17H28N2O/c1-2-15-5-3-10-19(14-15)11-4-12-20-17-8-6-16(13-18)7-9-17/h6-9,15H,2-5,10-14,18H2,1H3. The molecular formula is C17H28N2O. The van der Waals surface area contributed by atoms with Crippen molar-refractivity contribution >= 4 is 0 Å². The smallest absolute Gasteiger partial charge is 0.119 e. The molecule has 3 heteroatoms. The van der Waals surface area contributed by atoms with Crippen molar-refractivity contribution in [3.8, 4) is 5.75 Å². The van der Waals surface area contributed by atoms with Crippen LogP contribution in [-0.4, -0.2) is 31.1 Å². The zero-order chi connectivity index (χ0) is 14.2. The first-order valence-electron chi connectivity index (χ1n) is 7.96.